The Morgan fingerprint density at radius 1 is 0.767 bits per heavy atom. The number of anilines is 4. The summed E-state index contributed by atoms with van der Waals surface area (Å²) in [6, 6.07) is 9.30. The Morgan fingerprint density at radius 2 is 1.23 bits per heavy atom. The molecule has 16 nitrogen and oxygen atoms in total. The molecule has 0 radical (unpaired) electrons. The Kier molecular flexibility index (Phi) is 13.9. The van der Waals surface area contributed by atoms with Crippen LogP contribution < -0.4 is 36.9 Å². The van der Waals surface area contributed by atoms with Crippen LogP contribution in [0.1, 0.15) is 67.3 Å². The fraction of sp³-hybridized carbons (Fsp3) is 0.350. The second-order valence-electron chi connectivity index (χ2n) is 14.1. The van der Waals surface area contributed by atoms with Crippen LogP contribution in [0.3, 0.4) is 0 Å². The lowest BCUT2D eigenvalue weighted by Crippen LogP contribution is -2.42. The van der Waals surface area contributed by atoms with Crippen molar-refractivity contribution in [2.45, 2.75) is 56.5 Å². The van der Waals surface area contributed by atoms with Crippen LogP contribution in [0.5, 0.6) is 11.5 Å². The molecule has 2 saturated heterocycles. The highest BCUT2D eigenvalue weighted by Crippen LogP contribution is 2.31. The van der Waals surface area contributed by atoms with Crippen molar-refractivity contribution >= 4 is 56.5 Å². The average Bonchev–Trinajstić information content (AvgIpc) is 3.59. The maximum atomic E-state index is 13.7. The van der Waals surface area contributed by atoms with E-state index < -0.39 is 33.2 Å². The maximum absolute atomic E-state index is 13.7. The predicted molar refractivity (Wildman–Crippen MR) is 224 cm³/mol. The van der Waals surface area contributed by atoms with Crippen LogP contribution in [0.2, 0.25) is 0 Å². The number of carbonyl (C=O) groups is 2. The summed E-state index contributed by atoms with van der Waals surface area (Å²) in [4.78, 5) is 44.4. The van der Waals surface area contributed by atoms with Crippen molar-refractivity contribution in [1.29, 1.82) is 0 Å². The number of benzene rings is 2. The molecule has 0 atom stereocenters. The molecule has 0 unspecified atom stereocenters. The van der Waals surface area contributed by atoms with Gasteiger partial charge in [-0.15, -0.1) is 11.3 Å². The first-order chi connectivity index (χ1) is 28.7. The van der Waals surface area contributed by atoms with Gasteiger partial charge in [-0.1, -0.05) is 0 Å². The Balaban J connectivity index is 0.000000213. The molecule has 20 heteroatoms. The van der Waals surface area contributed by atoms with Crippen molar-refractivity contribution in [1.82, 2.24) is 29.6 Å². The van der Waals surface area contributed by atoms with Crippen molar-refractivity contribution in [3.63, 3.8) is 0 Å². The van der Waals surface area contributed by atoms with Crippen LogP contribution in [-0.2, 0) is 10.0 Å². The molecular weight excluding hydrogens is 819 g/mol. The normalized spacial score (nSPS) is 15.1. The van der Waals surface area contributed by atoms with Gasteiger partial charge in [0.25, 0.3) is 0 Å². The van der Waals surface area contributed by atoms with Gasteiger partial charge >= 0.3 is 0 Å². The summed E-state index contributed by atoms with van der Waals surface area (Å²) in [5.74, 6) is -1.06. The minimum absolute atomic E-state index is 0.0214. The lowest BCUT2D eigenvalue weighted by molar-refractivity contribution is 0.102. The summed E-state index contributed by atoms with van der Waals surface area (Å²) in [5, 5.41) is 9.67. The zero-order chi connectivity index (χ0) is 43.1. The molecule has 7 rings (SSSR count). The van der Waals surface area contributed by atoms with Gasteiger partial charge in [-0.05, 0) is 95.1 Å². The van der Waals surface area contributed by atoms with E-state index in [1.54, 1.807) is 6.07 Å². The summed E-state index contributed by atoms with van der Waals surface area (Å²) < 4.78 is 65.0. The zero-order valence-corrected chi connectivity index (χ0v) is 35.1. The molecule has 3 aromatic heterocycles. The number of hydrogen-bond donors (Lipinski definition) is 5. The topological polar surface area (TPSA) is 230 Å². The number of piperidine rings is 2. The molecular formula is C40H46F2N10O6S2. The molecule has 0 bridgehead atoms. The van der Waals surface area contributed by atoms with Gasteiger partial charge in [-0.3, -0.25) is 9.59 Å². The van der Waals surface area contributed by atoms with E-state index in [4.69, 9.17) is 20.9 Å². The van der Waals surface area contributed by atoms with E-state index in [-0.39, 0.29) is 63.4 Å². The highest BCUT2D eigenvalue weighted by Gasteiger charge is 2.32. The number of sulfonamides is 1. The van der Waals surface area contributed by atoms with Gasteiger partial charge in [0.05, 0.1) is 41.4 Å². The fourth-order valence-electron chi connectivity index (χ4n) is 6.86. The Labute approximate surface area is 350 Å². The second kappa shape index (κ2) is 19.0. The van der Waals surface area contributed by atoms with E-state index in [0.29, 0.717) is 36.8 Å². The zero-order valence-electron chi connectivity index (χ0n) is 33.4. The molecule has 0 amide bonds. The van der Waals surface area contributed by atoms with Crippen LogP contribution in [0.15, 0.2) is 59.8 Å². The molecule has 2 aromatic carbocycles. The van der Waals surface area contributed by atoms with E-state index in [9.17, 15) is 26.8 Å². The maximum Gasteiger partial charge on any atom is 0.244 e. The third-order valence-electron chi connectivity index (χ3n) is 10.0. The molecule has 5 aromatic rings. The van der Waals surface area contributed by atoms with Gasteiger partial charge in [0, 0.05) is 47.3 Å². The molecule has 0 spiro atoms. The van der Waals surface area contributed by atoms with E-state index >= 15 is 0 Å². The number of thiophene rings is 1. The van der Waals surface area contributed by atoms with Crippen molar-refractivity contribution in [3.05, 3.63) is 98.5 Å². The van der Waals surface area contributed by atoms with E-state index in [2.05, 4.69) is 35.9 Å². The number of hydrogen-bond acceptors (Lipinski definition) is 16. The Hall–Kier alpha value is -5.83. The smallest absolute Gasteiger partial charge is 0.244 e. The van der Waals surface area contributed by atoms with Crippen LogP contribution in [0.4, 0.5) is 32.3 Å². The SMILES string of the molecule is COc1ccc(F)cc1C(=O)c1cnc(NC2CCN(S(=O)(=O)c3cc(C)sc3C)CC2)nc1N.COc1ccc(F)cc1C(=O)c1cnc(NC2CCNCC2)nc1N. The number of aryl methyl sites for hydroxylation is 2. The fourth-order valence-corrected chi connectivity index (χ4v) is 9.85. The Morgan fingerprint density at radius 3 is 1.65 bits per heavy atom. The molecule has 60 heavy (non-hydrogen) atoms. The molecule has 2 aliphatic heterocycles. The Bertz CT molecular complexity index is 2470. The minimum atomic E-state index is -3.53. The largest absolute Gasteiger partial charge is 0.496 e. The highest BCUT2D eigenvalue weighted by atomic mass is 32.2. The lowest BCUT2D eigenvalue weighted by atomic mass is 10.0. The number of nitrogens with zero attached hydrogens (tertiary/aromatic N) is 5. The van der Waals surface area contributed by atoms with Gasteiger partial charge in [-0.25, -0.2) is 27.2 Å². The summed E-state index contributed by atoms with van der Waals surface area (Å²) in [5.41, 5.74) is 12.2. The number of aromatic nitrogens is 4. The molecule has 5 heterocycles. The number of ketones is 2. The summed E-state index contributed by atoms with van der Waals surface area (Å²) in [6.45, 7) is 6.30. The van der Waals surface area contributed by atoms with Crippen molar-refractivity contribution in [3.8, 4) is 11.5 Å². The van der Waals surface area contributed by atoms with Gasteiger partial charge < -0.3 is 36.9 Å². The molecule has 318 valence electrons. The van der Waals surface area contributed by atoms with Crippen LogP contribution in [0.25, 0.3) is 0 Å². The predicted octanol–water partition coefficient (Wildman–Crippen LogP) is 4.98. The van der Waals surface area contributed by atoms with Crippen molar-refractivity contribution < 1.29 is 36.3 Å². The number of nitrogens with one attached hydrogen (secondary N) is 3. The minimum Gasteiger partial charge on any atom is -0.496 e. The first-order valence-electron chi connectivity index (χ1n) is 19.0. The molecule has 0 aliphatic carbocycles. The van der Waals surface area contributed by atoms with E-state index in [1.807, 2.05) is 13.8 Å². The molecule has 2 fully saturated rings. The molecule has 7 N–H and O–H groups in total. The number of halogens is 2. The second-order valence-corrected chi connectivity index (χ2v) is 17.5. The van der Waals surface area contributed by atoms with Crippen LogP contribution >= 0.6 is 11.3 Å². The highest BCUT2D eigenvalue weighted by molar-refractivity contribution is 7.89. The molecule has 0 saturated carbocycles. The quantitative estimate of drug-likeness (QED) is 0.104. The summed E-state index contributed by atoms with van der Waals surface area (Å²) in [6.07, 6.45) is 5.70. The number of carbonyl (C=O) groups excluding carboxylic acids is 2. The van der Waals surface area contributed by atoms with Gasteiger partial charge in [0.2, 0.25) is 33.5 Å². The van der Waals surface area contributed by atoms with Crippen LogP contribution in [0, 0.1) is 25.5 Å². The number of rotatable bonds is 12. The van der Waals surface area contributed by atoms with Crippen molar-refractivity contribution in [2.24, 2.45) is 0 Å². The van der Waals surface area contributed by atoms with Crippen molar-refractivity contribution in [2.75, 3.05) is 62.5 Å². The average molecular weight is 865 g/mol. The van der Waals surface area contributed by atoms with Gasteiger partial charge in [-0.2, -0.15) is 14.3 Å². The molecule has 2 aliphatic rings. The lowest BCUT2D eigenvalue weighted by Gasteiger charge is -2.31. The first-order valence-corrected chi connectivity index (χ1v) is 21.3. The number of nitrogens with two attached hydrogens (primary N) is 2. The third-order valence-corrected chi connectivity index (χ3v) is 13.1. The number of ether oxygens (including phenoxy) is 2. The van der Waals surface area contributed by atoms with E-state index in [1.165, 1.54) is 66.5 Å². The monoisotopic (exact) mass is 864 g/mol. The summed E-state index contributed by atoms with van der Waals surface area (Å²) in [7, 11) is -0.737. The third kappa shape index (κ3) is 10.1. The van der Waals surface area contributed by atoms with E-state index in [0.717, 1.165) is 47.8 Å². The number of nitrogen functional groups attached to an aromatic ring is 2. The summed E-state index contributed by atoms with van der Waals surface area (Å²) >= 11 is 1.47. The van der Waals surface area contributed by atoms with Gasteiger partial charge in [0.15, 0.2) is 0 Å². The van der Waals surface area contributed by atoms with Gasteiger partial charge in [0.1, 0.15) is 34.8 Å². The standard InChI is InChI=1S/C23H26FN5O4S2.C17H20FN5O2/c1-13-10-20(14(2)34-13)35(31,32)29-8-6-16(7-9-29)27-23-26-12-18(22(25)28-23)21(30)17-11-15(24)4-5-19(17)33-3;1-25-14-3-2-10(18)8-12(14)15(24)13-9-21-17(23-16(13)19)22-11-4-6-20-7-5-11/h4-5,10-12,16H,6-9H2,1-3H3,(H3,25,26,27,28);2-3,8-9,11,20H,4-7H2,1H3,(H3,19,21,22,23). The first kappa shape index (κ1) is 43.7. The number of methoxy groups -OCH3 is 2. The van der Waals surface area contributed by atoms with Crippen LogP contribution in [-0.4, -0.2) is 96.7 Å².